The highest BCUT2D eigenvalue weighted by Crippen LogP contribution is 2.46. The number of aliphatic hydroxyl groups excluding tert-OH is 1. The van der Waals surface area contributed by atoms with Crippen LogP contribution in [-0.4, -0.2) is 57.8 Å². The van der Waals surface area contributed by atoms with Crippen LogP contribution in [0.3, 0.4) is 0 Å². The maximum Gasteiger partial charge on any atom is 0.459 e. The first-order valence-corrected chi connectivity index (χ1v) is 12.7. The Labute approximate surface area is 205 Å². The number of aromatic amines is 1. The van der Waals surface area contributed by atoms with Crippen LogP contribution in [0.2, 0.25) is 0 Å². The molecule has 14 heteroatoms. The summed E-state index contributed by atoms with van der Waals surface area (Å²) in [6.45, 7) is 5.49. The van der Waals surface area contributed by atoms with E-state index in [9.17, 15) is 28.4 Å². The number of aliphatic hydroxyl groups is 1. The fourth-order valence-corrected chi connectivity index (χ4v) is 4.85. The van der Waals surface area contributed by atoms with Gasteiger partial charge < -0.3 is 19.1 Å². The molecule has 0 spiro atoms. The molecule has 12 nitrogen and oxygen atoms in total. The van der Waals surface area contributed by atoms with E-state index >= 15 is 0 Å². The number of halogens is 1. The number of H-pyrrole nitrogens is 1. The number of benzene rings is 1. The van der Waals surface area contributed by atoms with E-state index in [1.54, 1.807) is 32.0 Å². The quantitative estimate of drug-likeness (QED) is 0.305. The average molecular weight is 529 g/mol. The zero-order valence-corrected chi connectivity index (χ0v) is 21.0. The van der Waals surface area contributed by atoms with Crippen molar-refractivity contribution >= 4 is 13.7 Å². The molecule has 1 aromatic carbocycles. The van der Waals surface area contributed by atoms with Crippen LogP contribution in [-0.2, 0) is 23.4 Å². The largest absolute Gasteiger partial charge is 0.462 e. The van der Waals surface area contributed by atoms with Crippen LogP contribution in [0.25, 0.3) is 0 Å². The highest BCUT2D eigenvalue weighted by molar-refractivity contribution is 7.52. The lowest BCUT2D eigenvalue weighted by Crippen LogP contribution is -2.37. The molecule has 0 radical (unpaired) electrons. The number of alkyl halides is 1. The molecule has 6 atom stereocenters. The van der Waals surface area contributed by atoms with E-state index in [-0.39, 0.29) is 11.3 Å². The van der Waals surface area contributed by atoms with Crippen molar-refractivity contribution in [2.75, 3.05) is 6.61 Å². The summed E-state index contributed by atoms with van der Waals surface area (Å²) in [4.78, 5) is 38.0. The molecule has 0 bridgehead atoms. The fourth-order valence-electron chi connectivity index (χ4n) is 3.35. The van der Waals surface area contributed by atoms with Crippen LogP contribution in [0.5, 0.6) is 5.75 Å². The number of carbonyl (C=O) groups is 1. The van der Waals surface area contributed by atoms with Crippen molar-refractivity contribution < 1.29 is 37.4 Å². The molecule has 1 unspecified atom stereocenters. The summed E-state index contributed by atoms with van der Waals surface area (Å²) in [7, 11) is -4.29. The van der Waals surface area contributed by atoms with Crippen molar-refractivity contribution in [1.82, 2.24) is 14.6 Å². The molecule has 3 rings (SSSR count). The third kappa shape index (κ3) is 6.68. The SMILES string of the molecule is Cc1cn([C@H]2O[C@@H](CO[P@@](=O)(N[C@@H](C)C(=O)OC(C)C)Oc3ccccc3)C(O)[C@H]2F)c(=O)[nH]c1=O. The minimum atomic E-state index is -4.29. The molecular formula is C22H29FN3O9P. The highest BCUT2D eigenvalue weighted by Gasteiger charge is 2.47. The zero-order valence-electron chi connectivity index (χ0n) is 20.1. The Morgan fingerprint density at radius 1 is 1.28 bits per heavy atom. The van der Waals surface area contributed by atoms with Crippen molar-refractivity contribution in [3.63, 3.8) is 0 Å². The lowest BCUT2D eigenvalue weighted by Gasteiger charge is -2.25. The molecule has 0 amide bonds. The Kier molecular flexibility index (Phi) is 8.85. The third-order valence-electron chi connectivity index (χ3n) is 5.15. The van der Waals surface area contributed by atoms with Crippen molar-refractivity contribution in [3.8, 4) is 5.75 Å². The van der Waals surface area contributed by atoms with Gasteiger partial charge >= 0.3 is 19.4 Å². The number of para-hydroxylation sites is 1. The van der Waals surface area contributed by atoms with Crippen LogP contribution in [0, 0.1) is 6.92 Å². The summed E-state index contributed by atoms with van der Waals surface area (Å²) in [6, 6.07) is 6.87. The lowest BCUT2D eigenvalue weighted by atomic mass is 10.1. The van der Waals surface area contributed by atoms with Gasteiger partial charge in [-0.15, -0.1) is 0 Å². The van der Waals surface area contributed by atoms with E-state index < -0.39 is 68.3 Å². The van der Waals surface area contributed by atoms with Gasteiger partial charge in [0.15, 0.2) is 12.4 Å². The van der Waals surface area contributed by atoms with Gasteiger partial charge in [0, 0.05) is 11.8 Å². The number of aryl methyl sites for hydroxylation is 1. The number of nitrogens with one attached hydrogen (secondary N) is 2. The van der Waals surface area contributed by atoms with Crippen LogP contribution >= 0.6 is 7.75 Å². The Morgan fingerprint density at radius 3 is 2.58 bits per heavy atom. The van der Waals surface area contributed by atoms with Gasteiger partial charge in [-0.2, -0.15) is 5.09 Å². The Balaban J connectivity index is 1.77. The van der Waals surface area contributed by atoms with Gasteiger partial charge in [-0.25, -0.2) is 13.8 Å². The second-order valence-corrected chi connectivity index (χ2v) is 10.2. The number of carbonyl (C=O) groups excluding carboxylic acids is 1. The number of nitrogens with zero attached hydrogens (tertiary/aromatic N) is 1. The molecule has 198 valence electrons. The Morgan fingerprint density at radius 2 is 1.94 bits per heavy atom. The first-order chi connectivity index (χ1) is 16.9. The van der Waals surface area contributed by atoms with Crippen molar-refractivity contribution in [2.45, 2.75) is 64.4 Å². The van der Waals surface area contributed by atoms with Gasteiger partial charge in [-0.1, -0.05) is 18.2 Å². The molecule has 3 N–H and O–H groups in total. The first-order valence-electron chi connectivity index (χ1n) is 11.2. The third-order valence-corrected chi connectivity index (χ3v) is 6.79. The molecule has 1 aliphatic heterocycles. The van der Waals surface area contributed by atoms with Crippen LogP contribution < -0.4 is 20.9 Å². The van der Waals surface area contributed by atoms with E-state index in [1.165, 1.54) is 26.0 Å². The van der Waals surface area contributed by atoms with Gasteiger partial charge in [0.2, 0.25) is 0 Å². The Hall–Kier alpha value is -2.83. The van der Waals surface area contributed by atoms with E-state index in [1.807, 2.05) is 4.98 Å². The molecule has 1 saturated heterocycles. The molecule has 2 heterocycles. The van der Waals surface area contributed by atoms with E-state index in [2.05, 4.69) is 5.09 Å². The number of aromatic nitrogens is 2. The van der Waals surface area contributed by atoms with Crippen molar-refractivity contribution in [3.05, 3.63) is 62.9 Å². The summed E-state index contributed by atoms with van der Waals surface area (Å²) in [5.74, 6) is -0.554. The number of ether oxygens (including phenoxy) is 2. The molecule has 0 aliphatic carbocycles. The molecule has 36 heavy (non-hydrogen) atoms. The molecule has 2 aromatic rings. The van der Waals surface area contributed by atoms with Gasteiger partial charge in [0.25, 0.3) is 5.56 Å². The zero-order chi connectivity index (χ0) is 26.6. The fraction of sp³-hybridized carbons (Fsp3) is 0.500. The smallest absolute Gasteiger partial charge is 0.459 e. The molecular weight excluding hydrogens is 500 g/mol. The van der Waals surface area contributed by atoms with Crippen molar-refractivity contribution in [1.29, 1.82) is 0 Å². The number of hydrogen-bond acceptors (Lipinski definition) is 9. The van der Waals surface area contributed by atoms with Gasteiger partial charge in [0.1, 0.15) is 24.0 Å². The maximum absolute atomic E-state index is 14.9. The standard InChI is InChI=1S/C22H29FN3O9P/c1-12(2)33-21(29)14(4)25-36(31,35-15-8-6-5-7-9-15)32-11-16-18(27)17(23)20(34-16)26-10-13(3)19(28)24-22(26)30/h5-10,12,14,16-18,20,27H,11H2,1-4H3,(H,25,31)(H,24,28,30)/t14-,16-,17+,18?,20-,36-/m0/s1. The molecule has 1 aromatic heterocycles. The van der Waals surface area contributed by atoms with Crippen LogP contribution in [0.15, 0.2) is 46.1 Å². The predicted molar refractivity (Wildman–Crippen MR) is 125 cm³/mol. The molecule has 1 aliphatic rings. The van der Waals surface area contributed by atoms with Crippen LogP contribution in [0.4, 0.5) is 4.39 Å². The number of esters is 1. The average Bonchev–Trinajstić information content (AvgIpc) is 3.08. The second-order valence-electron chi connectivity index (χ2n) is 8.51. The van der Waals surface area contributed by atoms with Gasteiger partial charge in [-0.05, 0) is 39.8 Å². The summed E-state index contributed by atoms with van der Waals surface area (Å²) < 4.78 is 50.7. The van der Waals surface area contributed by atoms with Gasteiger partial charge in [0.05, 0.1) is 12.7 Å². The second kappa shape index (κ2) is 11.5. The first kappa shape index (κ1) is 27.8. The summed E-state index contributed by atoms with van der Waals surface area (Å²) >= 11 is 0. The van der Waals surface area contributed by atoms with E-state index in [0.717, 1.165) is 10.8 Å². The summed E-state index contributed by atoms with van der Waals surface area (Å²) in [5.41, 5.74) is -1.43. The predicted octanol–water partition coefficient (Wildman–Crippen LogP) is 1.57. The monoisotopic (exact) mass is 529 g/mol. The molecule has 0 saturated carbocycles. The van der Waals surface area contributed by atoms with Crippen molar-refractivity contribution in [2.24, 2.45) is 0 Å². The maximum atomic E-state index is 14.9. The minimum absolute atomic E-state index is 0.131. The van der Waals surface area contributed by atoms with Gasteiger partial charge in [-0.3, -0.25) is 23.7 Å². The summed E-state index contributed by atoms with van der Waals surface area (Å²) in [5, 5.41) is 12.8. The number of hydrogen-bond donors (Lipinski definition) is 3. The number of rotatable bonds is 10. The summed E-state index contributed by atoms with van der Waals surface area (Å²) in [6.07, 6.45) is -6.07. The topological polar surface area (TPSA) is 158 Å². The van der Waals surface area contributed by atoms with E-state index in [4.69, 9.17) is 18.5 Å². The lowest BCUT2D eigenvalue weighted by molar-refractivity contribution is -0.149. The minimum Gasteiger partial charge on any atom is -0.462 e. The van der Waals surface area contributed by atoms with Crippen LogP contribution in [0.1, 0.15) is 32.6 Å². The van der Waals surface area contributed by atoms with E-state index in [0.29, 0.717) is 0 Å². The highest BCUT2D eigenvalue weighted by atomic mass is 31.2. The molecule has 1 fully saturated rings. The Bertz CT molecular complexity index is 1220. The normalized spacial score (nSPS) is 24.3.